The maximum atomic E-state index is 12.1. The van der Waals surface area contributed by atoms with E-state index in [-0.39, 0.29) is 11.9 Å². The highest BCUT2D eigenvalue weighted by atomic mass is 16.2. The molecule has 0 saturated heterocycles. The fourth-order valence-corrected chi connectivity index (χ4v) is 1.85. The first-order chi connectivity index (χ1) is 8.65. The van der Waals surface area contributed by atoms with Gasteiger partial charge in [-0.3, -0.25) is 4.79 Å². The van der Waals surface area contributed by atoms with Crippen LogP contribution in [0.5, 0.6) is 0 Å². The smallest absolute Gasteiger partial charge is 0.224 e. The molecule has 1 aromatic rings. The van der Waals surface area contributed by atoms with Crippen LogP contribution in [0.15, 0.2) is 30.3 Å². The molecular weight excluding hydrogens is 224 g/mol. The third kappa shape index (κ3) is 4.88. The van der Waals surface area contributed by atoms with Gasteiger partial charge in [-0.05, 0) is 26.0 Å². The van der Waals surface area contributed by atoms with Crippen molar-refractivity contribution in [1.29, 1.82) is 0 Å². The predicted octanol–water partition coefficient (Wildman–Crippen LogP) is 2.42. The van der Waals surface area contributed by atoms with Gasteiger partial charge in [0.25, 0.3) is 0 Å². The molecule has 0 fully saturated rings. The van der Waals surface area contributed by atoms with Crippen molar-refractivity contribution in [3.8, 4) is 0 Å². The molecule has 0 aliphatic rings. The third-order valence-corrected chi connectivity index (χ3v) is 2.91. The van der Waals surface area contributed by atoms with Crippen LogP contribution in [0.1, 0.15) is 32.8 Å². The highest BCUT2D eigenvalue weighted by Gasteiger charge is 2.16. The van der Waals surface area contributed by atoms with Gasteiger partial charge in [-0.2, -0.15) is 0 Å². The molecule has 0 aromatic heterocycles. The van der Waals surface area contributed by atoms with Gasteiger partial charge in [-0.25, -0.2) is 0 Å². The molecule has 0 aliphatic carbocycles. The number of hydrogen-bond donors (Lipinski definition) is 1. The molecule has 0 aliphatic heterocycles. The van der Waals surface area contributed by atoms with Crippen LogP contribution in [0.2, 0.25) is 0 Å². The summed E-state index contributed by atoms with van der Waals surface area (Å²) in [6.07, 6.45) is 0.568. The van der Waals surface area contributed by atoms with E-state index in [4.69, 9.17) is 0 Å². The van der Waals surface area contributed by atoms with E-state index in [2.05, 4.69) is 38.2 Å². The minimum absolute atomic E-state index is 0.217. The van der Waals surface area contributed by atoms with Gasteiger partial charge in [0.15, 0.2) is 0 Å². The van der Waals surface area contributed by atoms with E-state index in [0.29, 0.717) is 13.0 Å². The molecule has 3 nitrogen and oxygen atoms in total. The monoisotopic (exact) mass is 248 g/mol. The molecule has 1 rings (SSSR count). The number of rotatable bonds is 7. The number of benzene rings is 1. The number of nitrogens with one attached hydrogen (secondary N) is 1. The summed E-state index contributed by atoms with van der Waals surface area (Å²) in [6, 6.07) is 10.4. The maximum absolute atomic E-state index is 12.1. The summed E-state index contributed by atoms with van der Waals surface area (Å²) in [7, 11) is 0. The van der Waals surface area contributed by atoms with Crippen molar-refractivity contribution < 1.29 is 4.79 Å². The van der Waals surface area contributed by atoms with Crippen molar-refractivity contribution in [1.82, 2.24) is 10.2 Å². The lowest BCUT2D eigenvalue weighted by Crippen LogP contribution is -2.37. The third-order valence-electron chi connectivity index (χ3n) is 2.91. The molecule has 1 N–H and O–H groups in total. The zero-order valence-corrected chi connectivity index (χ0v) is 11.6. The van der Waals surface area contributed by atoms with Crippen LogP contribution < -0.4 is 5.32 Å². The Balaban J connectivity index is 2.57. The molecular formula is C15H24N2O. The molecule has 0 heterocycles. The first-order valence-electron chi connectivity index (χ1n) is 6.69. The van der Waals surface area contributed by atoms with Crippen LogP contribution in [-0.2, 0) is 11.3 Å². The van der Waals surface area contributed by atoms with Gasteiger partial charge in [0, 0.05) is 25.6 Å². The van der Waals surface area contributed by atoms with E-state index >= 15 is 0 Å². The summed E-state index contributed by atoms with van der Waals surface area (Å²) < 4.78 is 0. The van der Waals surface area contributed by atoms with Crippen LogP contribution in [0.3, 0.4) is 0 Å². The maximum Gasteiger partial charge on any atom is 0.224 e. The first-order valence-corrected chi connectivity index (χ1v) is 6.69. The molecule has 18 heavy (non-hydrogen) atoms. The Morgan fingerprint density at radius 3 is 2.50 bits per heavy atom. The van der Waals surface area contributed by atoms with Crippen LogP contribution in [0, 0.1) is 0 Å². The molecule has 0 spiro atoms. The summed E-state index contributed by atoms with van der Waals surface area (Å²) in [5.74, 6) is 0.217. The van der Waals surface area contributed by atoms with Gasteiger partial charge in [0.2, 0.25) is 5.91 Å². The summed E-state index contributed by atoms with van der Waals surface area (Å²) in [6.45, 7) is 8.54. The Hall–Kier alpha value is -1.35. The summed E-state index contributed by atoms with van der Waals surface area (Å²) in [5.41, 5.74) is 1.18. The highest BCUT2D eigenvalue weighted by Crippen LogP contribution is 2.09. The van der Waals surface area contributed by atoms with E-state index in [0.717, 1.165) is 13.1 Å². The van der Waals surface area contributed by atoms with Crippen molar-refractivity contribution in [2.24, 2.45) is 0 Å². The Labute approximate surface area is 110 Å². The second-order valence-corrected chi connectivity index (χ2v) is 4.70. The van der Waals surface area contributed by atoms with Crippen LogP contribution >= 0.6 is 0 Å². The number of carbonyl (C=O) groups is 1. The van der Waals surface area contributed by atoms with Crippen molar-refractivity contribution in [2.75, 3.05) is 13.1 Å². The van der Waals surface area contributed by atoms with E-state index < -0.39 is 0 Å². The number of amides is 1. The average molecular weight is 248 g/mol. The Morgan fingerprint density at radius 2 is 1.94 bits per heavy atom. The lowest BCUT2D eigenvalue weighted by molar-refractivity contribution is -0.133. The molecule has 1 amide bonds. The Bertz CT molecular complexity index is 349. The Morgan fingerprint density at radius 1 is 1.28 bits per heavy atom. The molecule has 1 aromatic carbocycles. The zero-order valence-electron chi connectivity index (χ0n) is 11.6. The van der Waals surface area contributed by atoms with Crippen LogP contribution in [0.4, 0.5) is 0 Å². The van der Waals surface area contributed by atoms with Crippen LogP contribution in [-0.4, -0.2) is 29.9 Å². The second kappa shape index (κ2) is 7.88. The van der Waals surface area contributed by atoms with Crippen LogP contribution in [0.25, 0.3) is 0 Å². The van der Waals surface area contributed by atoms with Gasteiger partial charge in [0.05, 0.1) is 0 Å². The SMILES string of the molecule is CCNCCC(=O)N(Cc1ccccc1)C(C)C. The zero-order chi connectivity index (χ0) is 13.4. The van der Waals surface area contributed by atoms with Gasteiger partial charge in [0.1, 0.15) is 0 Å². The Kier molecular flexibility index (Phi) is 6.44. The lowest BCUT2D eigenvalue weighted by atomic mass is 10.1. The molecule has 0 saturated carbocycles. The molecule has 0 bridgehead atoms. The molecule has 0 atom stereocenters. The molecule has 3 heteroatoms. The quantitative estimate of drug-likeness (QED) is 0.752. The predicted molar refractivity (Wildman–Crippen MR) is 75.3 cm³/mol. The number of hydrogen-bond acceptors (Lipinski definition) is 2. The fourth-order valence-electron chi connectivity index (χ4n) is 1.85. The summed E-state index contributed by atoms with van der Waals surface area (Å²) in [4.78, 5) is 14.1. The van der Waals surface area contributed by atoms with Gasteiger partial charge in [-0.1, -0.05) is 37.3 Å². The number of carbonyl (C=O) groups excluding carboxylic acids is 1. The van der Waals surface area contributed by atoms with Gasteiger partial charge in [-0.15, -0.1) is 0 Å². The topological polar surface area (TPSA) is 32.3 Å². The van der Waals surface area contributed by atoms with Gasteiger partial charge >= 0.3 is 0 Å². The van der Waals surface area contributed by atoms with Crippen molar-refractivity contribution in [2.45, 2.75) is 39.8 Å². The highest BCUT2D eigenvalue weighted by molar-refractivity contribution is 5.76. The molecule has 100 valence electrons. The van der Waals surface area contributed by atoms with E-state index in [9.17, 15) is 4.79 Å². The standard InChI is InChI=1S/C15H24N2O/c1-4-16-11-10-15(18)17(13(2)3)12-14-8-6-5-7-9-14/h5-9,13,16H,4,10-12H2,1-3H3. The first kappa shape index (κ1) is 14.7. The summed E-state index contributed by atoms with van der Waals surface area (Å²) in [5, 5.41) is 3.19. The van der Waals surface area contributed by atoms with Crippen molar-refractivity contribution >= 4 is 5.91 Å². The van der Waals surface area contributed by atoms with E-state index in [1.807, 2.05) is 23.1 Å². The molecule has 0 unspecified atom stereocenters. The van der Waals surface area contributed by atoms with E-state index in [1.54, 1.807) is 0 Å². The lowest BCUT2D eigenvalue weighted by Gasteiger charge is -2.27. The van der Waals surface area contributed by atoms with Gasteiger partial charge < -0.3 is 10.2 Å². The minimum Gasteiger partial charge on any atom is -0.336 e. The average Bonchev–Trinajstić information content (AvgIpc) is 2.37. The fraction of sp³-hybridized carbons (Fsp3) is 0.533. The molecule has 0 radical (unpaired) electrons. The van der Waals surface area contributed by atoms with Crippen molar-refractivity contribution in [3.63, 3.8) is 0 Å². The van der Waals surface area contributed by atoms with Crippen molar-refractivity contribution in [3.05, 3.63) is 35.9 Å². The number of nitrogens with zero attached hydrogens (tertiary/aromatic N) is 1. The minimum atomic E-state index is 0.217. The van der Waals surface area contributed by atoms with E-state index in [1.165, 1.54) is 5.56 Å². The largest absolute Gasteiger partial charge is 0.336 e. The summed E-state index contributed by atoms with van der Waals surface area (Å²) >= 11 is 0. The normalized spacial score (nSPS) is 10.7. The second-order valence-electron chi connectivity index (χ2n) is 4.70.